The number of hydrogen-bond acceptors (Lipinski definition) is 1. The van der Waals surface area contributed by atoms with Crippen molar-refractivity contribution in [3.63, 3.8) is 0 Å². The number of hydrogen-bond donors (Lipinski definition) is 1. The molecule has 3 aromatic rings. The summed E-state index contributed by atoms with van der Waals surface area (Å²) in [7, 11) is 0. The molecule has 0 bridgehead atoms. The van der Waals surface area contributed by atoms with Crippen LogP contribution in [0.25, 0.3) is 21.5 Å². The summed E-state index contributed by atoms with van der Waals surface area (Å²) in [6.07, 6.45) is 0. The van der Waals surface area contributed by atoms with E-state index in [1.54, 1.807) is 0 Å². The predicted molar refractivity (Wildman–Crippen MR) is 64.7 cm³/mol. The lowest BCUT2D eigenvalue weighted by Gasteiger charge is -2.02. The molecule has 71 valence electrons. The van der Waals surface area contributed by atoms with Crippen LogP contribution in [-0.4, -0.2) is 0 Å². The molecule has 0 heterocycles. The Bertz CT molecular complexity index is 641. The lowest BCUT2D eigenvalue weighted by molar-refractivity contribution is 1.73. The molecule has 0 saturated heterocycles. The van der Waals surface area contributed by atoms with Crippen molar-refractivity contribution in [3.8, 4) is 0 Å². The Balaban J connectivity index is 2.47. The highest BCUT2D eigenvalue weighted by molar-refractivity contribution is 5.98. The molecule has 0 saturated carbocycles. The van der Waals surface area contributed by atoms with Crippen molar-refractivity contribution in [1.29, 1.82) is 0 Å². The van der Waals surface area contributed by atoms with Gasteiger partial charge in [0.25, 0.3) is 0 Å². The maximum atomic E-state index is 5.74. The number of benzene rings is 3. The van der Waals surface area contributed by atoms with Crippen molar-refractivity contribution >= 4 is 27.2 Å². The highest BCUT2D eigenvalue weighted by Crippen LogP contribution is 2.23. The Morgan fingerprint density at radius 2 is 1.60 bits per heavy atom. The van der Waals surface area contributed by atoms with E-state index in [0.717, 1.165) is 16.5 Å². The van der Waals surface area contributed by atoms with Gasteiger partial charge in [0.2, 0.25) is 0 Å². The molecule has 0 aromatic heterocycles. The van der Waals surface area contributed by atoms with E-state index in [0.29, 0.717) is 0 Å². The molecule has 1 radical (unpaired) electrons. The average Bonchev–Trinajstić information content (AvgIpc) is 2.26. The van der Waals surface area contributed by atoms with E-state index >= 15 is 0 Å². The van der Waals surface area contributed by atoms with Gasteiger partial charge >= 0.3 is 0 Å². The molecule has 3 rings (SSSR count). The predicted octanol–water partition coefficient (Wildman–Crippen LogP) is 3.38. The van der Waals surface area contributed by atoms with E-state index in [9.17, 15) is 0 Å². The Labute approximate surface area is 88.1 Å². The molecule has 0 atom stereocenters. The van der Waals surface area contributed by atoms with Crippen molar-refractivity contribution in [1.82, 2.24) is 0 Å². The van der Waals surface area contributed by atoms with E-state index < -0.39 is 0 Å². The summed E-state index contributed by atoms with van der Waals surface area (Å²) in [4.78, 5) is 0. The number of rotatable bonds is 0. The van der Waals surface area contributed by atoms with Crippen LogP contribution in [0.5, 0.6) is 0 Å². The summed E-state index contributed by atoms with van der Waals surface area (Å²) in [5, 5.41) is 4.74. The smallest absolute Gasteiger partial charge is 0.0326 e. The summed E-state index contributed by atoms with van der Waals surface area (Å²) in [6, 6.07) is 19.6. The quantitative estimate of drug-likeness (QED) is 0.429. The number of nitrogen functional groups attached to an aromatic ring is 1. The van der Waals surface area contributed by atoms with Gasteiger partial charge in [-0.25, -0.2) is 0 Å². The van der Waals surface area contributed by atoms with Crippen LogP contribution in [-0.2, 0) is 0 Å². The van der Waals surface area contributed by atoms with Gasteiger partial charge in [0.1, 0.15) is 0 Å². The van der Waals surface area contributed by atoms with Gasteiger partial charge in [-0.15, -0.1) is 0 Å². The normalized spacial score (nSPS) is 10.9. The lowest BCUT2D eigenvalue weighted by atomic mass is 10.0. The number of anilines is 1. The number of fused-ring (bicyclic) bond motifs is 2. The third-order valence-corrected chi connectivity index (χ3v) is 2.63. The van der Waals surface area contributed by atoms with Crippen LogP contribution in [0.2, 0.25) is 0 Å². The fourth-order valence-corrected chi connectivity index (χ4v) is 1.88. The minimum Gasteiger partial charge on any atom is -0.399 e. The fourth-order valence-electron chi connectivity index (χ4n) is 1.88. The molecule has 3 aromatic carbocycles. The van der Waals surface area contributed by atoms with E-state index in [4.69, 9.17) is 5.73 Å². The zero-order valence-corrected chi connectivity index (χ0v) is 8.20. The molecule has 1 heteroatoms. The largest absolute Gasteiger partial charge is 0.399 e. The Morgan fingerprint density at radius 1 is 0.867 bits per heavy atom. The molecule has 1 nitrogen and oxygen atoms in total. The van der Waals surface area contributed by atoms with Crippen LogP contribution in [0.1, 0.15) is 0 Å². The second kappa shape index (κ2) is 2.99. The minimum atomic E-state index is 0.762. The first-order valence-corrected chi connectivity index (χ1v) is 4.93. The molecule has 0 aliphatic carbocycles. The molecular formula is C14H10N. The van der Waals surface area contributed by atoms with E-state index in [-0.39, 0.29) is 0 Å². The Morgan fingerprint density at radius 3 is 2.40 bits per heavy atom. The van der Waals surface area contributed by atoms with Gasteiger partial charge in [-0.1, -0.05) is 24.3 Å². The lowest BCUT2D eigenvalue weighted by Crippen LogP contribution is -1.84. The molecule has 0 fully saturated rings. The molecule has 0 spiro atoms. The summed E-state index contributed by atoms with van der Waals surface area (Å²) >= 11 is 0. The van der Waals surface area contributed by atoms with Gasteiger partial charge in [0, 0.05) is 5.69 Å². The third kappa shape index (κ3) is 1.33. The first kappa shape index (κ1) is 8.30. The van der Waals surface area contributed by atoms with Gasteiger partial charge in [-0.05, 0) is 51.9 Å². The molecule has 15 heavy (non-hydrogen) atoms. The topological polar surface area (TPSA) is 26.0 Å². The Kier molecular flexibility index (Phi) is 1.65. The molecule has 0 unspecified atom stereocenters. The van der Waals surface area contributed by atoms with Gasteiger partial charge in [-0.2, -0.15) is 0 Å². The minimum absolute atomic E-state index is 0.762. The average molecular weight is 192 g/mol. The highest BCUT2D eigenvalue weighted by atomic mass is 14.5. The molecular weight excluding hydrogens is 182 g/mol. The zero-order valence-electron chi connectivity index (χ0n) is 8.20. The molecule has 0 aliphatic rings. The van der Waals surface area contributed by atoms with Gasteiger partial charge in [0.15, 0.2) is 0 Å². The Hall–Kier alpha value is -2.02. The number of nitrogens with two attached hydrogens (primary N) is 1. The SMILES string of the molecule is Nc1c[c]c2cc3ccccc3cc2c1. The molecule has 0 aliphatic heterocycles. The summed E-state index contributed by atoms with van der Waals surface area (Å²) in [5.41, 5.74) is 6.50. The van der Waals surface area contributed by atoms with Crippen LogP contribution in [0.15, 0.2) is 48.5 Å². The first-order chi connectivity index (χ1) is 7.33. The second-order valence-corrected chi connectivity index (χ2v) is 3.72. The third-order valence-electron chi connectivity index (χ3n) is 2.63. The van der Waals surface area contributed by atoms with E-state index in [1.807, 2.05) is 24.3 Å². The van der Waals surface area contributed by atoms with Crippen LogP contribution in [0, 0.1) is 6.07 Å². The maximum absolute atomic E-state index is 5.74. The van der Waals surface area contributed by atoms with Crippen LogP contribution in [0.4, 0.5) is 5.69 Å². The highest BCUT2D eigenvalue weighted by Gasteiger charge is 1.97. The summed E-state index contributed by atoms with van der Waals surface area (Å²) in [6.45, 7) is 0. The maximum Gasteiger partial charge on any atom is 0.0326 e. The van der Waals surface area contributed by atoms with Gasteiger partial charge < -0.3 is 5.73 Å². The van der Waals surface area contributed by atoms with Crippen LogP contribution < -0.4 is 5.73 Å². The molecule has 0 amide bonds. The molecule has 2 N–H and O–H groups in total. The van der Waals surface area contributed by atoms with E-state index in [2.05, 4.69) is 30.3 Å². The van der Waals surface area contributed by atoms with Crippen molar-refractivity contribution in [3.05, 3.63) is 54.6 Å². The first-order valence-electron chi connectivity index (χ1n) is 4.93. The fraction of sp³-hybridized carbons (Fsp3) is 0. The van der Waals surface area contributed by atoms with Crippen molar-refractivity contribution < 1.29 is 0 Å². The summed E-state index contributed by atoms with van der Waals surface area (Å²) in [5.74, 6) is 0. The zero-order chi connectivity index (χ0) is 10.3. The van der Waals surface area contributed by atoms with Gasteiger partial charge in [0.05, 0.1) is 0 Å². The van der Waals surface area contributed by atoms with Crippen LogP contribution in [0.3, 0.4) is 0 Å². The standard InChI is InChI=1S/C14H10N/c15-14-6-5-12-7-10-3-1-2-4-11(10)8-13(12)9-14/h1-4,6-9H,15H2. The van der Waals surface area contributed by atoms with Crippen molar-refractivity contribution in [2.24, 2.45) is 0 Å². The van der Waals surface area contributed by atoms with E-state index in [1.165, 1.54) is 10.8 Å². The van der Waals surface area contributed by atoms with Crippen molar-refractivity contribution in [2.75, 3.05) is 5.73 Å². The summed E-state index contributed by atoms with van der Waals surface area (Å²) < 4.78 is 0. The second-order valence-electron chi connectivity index (χ2n) is 3.72. The van der Waals surface area contributed by atoms with Gasteiger partial charge in [-0.3, -0.25) is 0 Å². The monoisotopic (exact) mass is 192 g/mol. The van der Waals surface area contributed by atoms with Crippen LogP contribution >= 0.6 is 0 Å². The van der Waals surface area contributed by atoms with Crippen molar-refractivity contribution in [2.45, 2.75) is 0 Å².